The molecule has 30 heavy (non-hydrogen) atoms. The molecule has 8 heteroatoms. The topological polar surface area (TPSA) is 77.0 Å². The number of carbonyl (C=O) groups is 1. The zero-order valence-corrected chi connectivity index (χ0v) is 16.5. The van der Waals surface area contributed by atoms with E-state index in [1.54, 1.807) is 13.1 Å². The van der Waals surface area contributed by atoms with E-state index in [1.807, 2.05) is 37.3 Å². The van der Waals surface area contributed by atoms with Gasteiger partial charge in [-0.25, -0.2) is 9.97 Å². The van der Waals surface area contributed by atoms with Gasteiger partial charge in [-0.05, 0) is 25.8 Å². The van der Waals surface area contributed by atoms with Crippen LogP contribution in [0.3, 0.4) is 0 Å². The summed E-state index contributed by atoms with van der Waals surface area (Å²) in [7, 11) is 0. The predicted octanol–water partition coefficient (Wildman–Crippen LogP) is 3.74. The van der Waals surface area contributed by atoms with Crippen molar-refractivity contribution in [2.24, 2.45) is 5.92 Å². The lowest BCUT2D eigenvalue weighted by Gasteiger charge is -2.19. The monoisotopic (exact) mass is 410 g/mol. The second-order valence-corrected chi connectivity index (χ2v) is 7.42. The molecule has 2 heterocycles. The van der Waals surface area contributed by atoms with E-state index < -0.39 is 23.2 Å². The van der Waals surface area contributed by atoms with E-state index >= 15 is 0 Å². The highest BCUT2D eigenvalue weighted by molar-refractivity contribution is 5.96. The number of nitrogens with zero attached hydrogens (tertiary/aromatic N) is 3. The molecule has 154 valence electrons. The van der Waals surface area contributed by atoms with Crippen molar-refractivity contribution < 1.29 is 18.3 Å². The van der Waals surface area contributed by atoms with Crippen molar-refractivity contribution in [3.63, 3.8) is 0 Å². The lowest BCUT2D eigenvalue weighted by molar-refractivity contribution is -0.117. The second-order valence-electron chi connectivity index (χ2n) is 7.42. The van der Waals surface area contributed by atoms with Crippen LogP contribution in [0.5, 0.6) is 5.75 Å². The van der Waals surface area contributed by atoms with Gasteiger partial charge in [0, 0.05) is 23.2 Å². The molecule has 1 N–H and O–H groups in total. The standard InChI is InChI=1S/C22H20F2N4O2/c1-13-18(11-25-14(2)26-13)30-12-22(15-6-4-3-5-7-15)10-17(22)21(29)27-16-8-19(23)28-20(24)9-16/h3-9,11,17H,10,12H2,1-2H3,(H,27,28,29)/t17-,22+/m0/s1. The second kappa shape index (κ2) is 7.78. The van der Waals surface area contributed by atoms with Crippen molar-refractivity contribution in [3.05, 3.63) is 77.6 Å². The Morgan fingerprint density at radius 3 is 2.53 bits per heavy atom. The summed E-state index contributed by atoms with van der Waals surface area (Å²) in [6, 6.07) is 11.6. The number of rotatable bonds is 6. The van der Waals surface area contributed by atoms with Crippen LogP contribution in [0.4, 0.5) is 14.5 Å². The van der Waals surface area contributed by atoms with Crippen LogP contribution in [-0.2, 0) is 10.2 Å². The van der Waals surface area contributed by atoms with E-state index in [0.29, 0.717) is 18.0 Å². The summed E-state index contributed by atoms with van der Waals surface area (Å²) >= 11 is 0. The molecular weight excluding hydrogens is 390 g/mol. The van der Waals surface area contributed by atoms with E-state index in [0.717, 1.165) is 23.4 Å². The molecule has 0 unspecified atom stereocenters. The SMILES string of the molecule is Cc1ncc(OC[C@@]2(c3ccccc3)C[C@H]2C(=O)Nc2cc(F)nc(F)c2)c(C)n1. The lowest BCUT2D eigenvalue weighted by Crippen LogP contribution is -2.26. The Bertz CT molecular complexity index is 1070. The number of benzene rings is 1. The van der Waals surface area contributed by atoms with Crippen molar-refractivity contribution in [2.75, 3.05) is 11.9 Å². The summed E-state index contributed by atoms with van der Waals surface area (Å²) in [5.74, 6) is -1.52. The average Bonchev–Trinajstić information content (AvgIpc) is 3.43. The molecule has 6 nitrogen and oxygen atoms in total. The summed E-state index contributed by atoms with van der Waals surface area (Å²) in [4.78, 5) is 24.4. The molecular formula is C22H20F2N4O2. The van der Waals surface area contributed by atoms with Crippen LogP contribution in [-0.4, -0.2) is 27.5 Å². The number of amides is 1. The van der Waals surface area contributed by atoms with Crippen LogP contribution in [0.2, 0.25) is 0 Å². The number of nitrogens with one attached hydrogen (secondary N) is 1. The third-order valence-electron chi connectivity index (χ3n) is 5.31. The number of aromatic nitrogens is 3. The number of ether oxygens (including phenoxy) is 1. The molecule has 2 atom stereocenters. The minimum atomic E-state index is -0.992. The molecule has 2 aromatic heterocycles. The molecule has 1 aliphatic rings. The largest absolute Gasteiger partial charge is 0.489 e. The number of aryl methyl sites for hydroxylation is 2. The highest BCUT2D eigenvalue weighted by Gasteiger charge is 2.60. The first-order valence-electron chi connectivity index (χ1n) is 9.50. The molecule has 1 aromatic carbocycles. The van der Waals surface area contributed by atoms with Gasteiger partial charge in [0.2, 0.25) is 17.8 Å². The Hall–Kier alpha value is -3.42. The quantitative estimate of drug-likeness (QED) is 0.627. The van der Waals surface area contributed by atoms with Crippen molar-refractivity contribution >= 4 is 11.6 Å². The van der Waals surface area contributed by atoms with Gasteiger partial charge in [0.15, 0.2) is 5.75 Å². The molecule has 0 aliphatic heterocycles. The smallest absolute Gasteiger partial charge is 0.228 e. The third-order valence-corrected chi connectivity index (χ3v) is 5.31. The van der Waals surface area contributed by atoms with E-state index in [-0.39, 0.29) is 18.2 Å². The third kappa shape index (κ3) is 3.98. The maximum atomic E-state index is 13.4. The summed E-state index contributed by atoms with van der Waals surface area (Å²) in [6.45, 7) is 3.89. The van der Waals surface area contributed by atoms with Crippen LogP contribution >= 0.6 is 0 Å². The fourth-order valence-electron chi connectivity index (χ4n) is 3.67. The number of halogens is 2. The van der Waals surface area contributed by atoms with Gasteiger partial charge in [0.25, 0.3) is 0 Å². The van der Waals surface area contributed by atoms with Crippen molar-refractivity contribution in [1.82, 2.24) is 15.0 Å². The first-order valence-corrected chi connectivity index (χ1v) is 9.50. The number of anilines is 1. The molecule has 0 radical (unpaired) electrons. The highest BCUT2D eigenvalue weighted by atomic mass is 19.1. The van der Waals surface area contributed by atoms with Gasteiger partial charge >= 0.3 is 0 Å². The van der Waals surface area contributed by atoms with Gasteiger partial charge in [-0.2, -0.15) is 13.8 Å². The molecule has 4 rings (SSSR count). The Balaban J connectivity index is 1.55. The highest BCUT2D eigenvalue weighted by Crippen LogP contribution is 2.55. The summed E-state index contributed by atoms with van der Waals surface area (Å²) < 4.78 is 32.7. The van der Waals surface area contributed by atoms with Crippen LogP contribution < -0.4 is 10.1 Å². The van der Waals surface area contributed by atoms with E-state index in [1.165, 1.54) is 0 Å². The molecule has 1 saturated carbocycles. The summed E-state index contributed by atoms with van der Waals surface area (Å²) in [6.07, 6.45) is 2.17. The zero-order chi connectivity index (χ0) is 21.3. The first-order chi connectivity index (χ1) is 14.4. The number of carbonyl (C=O) groups excluding carboxylic acids is 1. The van der Waals surface area contributed by atoms with Gasteiger partial charge in [0.1, 0.15) is 5.82 Å². The minimum Gasteiger partial charge on any atom is -0.489 e. The molecule has 1 aliphatic carbocycles. The Morgan fingerprint density at radius 1 is 1.17 bits per heavy atom. The maximum Gasteiger partial charge on any atom is 0.228 e. The van der Waals surface area contributed by atoms with Crippen molar-refractivity contribution in [3.8, 4) is 5.75 Å². The van der Waals surface area contributed by atoms with Gasteiger partial charge in [-0.3, -0.25) is 4.79 Å². The van der Waals surface area contributed by atoms with E-state index in [2.05, 4.69) is 20.3 Å². The van der Waals surface area contributed by atoms with E-state index in [9.17, 15) is 13.6 Å². The molecule has 3 aromatic rings. The summed E-state index contributed by atoms with van der Waals surface area (Å²) in [5.41, 5.74) is 1.16. The Labute approximate surface area is 172 Å². The molecule has 1 amide bonds. The number of hydrogen-bond donors (Lipinski definition) is 1. The molecule has 0 spiro atoms. The fraction of sp³-hybridized carbons (Fsp3) is 0.273. The van der Waals surface area contributed by atoms with E-state index in [4.69, 9.17) is 4.74 Å². The van der Waals surface area contributed by atoms with Gasteiger partial charge in [-0.1, -0.05) is 30.3 Å². The number of hydrogen-bond acceptors (Lipinski definition) is 5. The van der Waals surface area contributed by atoms with Gasteiger partial charge < -0.3 is 10.1 Å². The van der Waals surface area contributed by atoms with Crippen LogP contribution in [0.15, 0.2) is 48.7 Å². The lowest BCUT2D eigenvalue weighted by atomic mass is 9.93. The predicted molar refractivity (Wildman–Crippen MR) is 106 cm³/mol. The normalized spacial score (nSPS) is 19.9. The first kappa shape index (κ1) is 19.9. The van der Waals surface area contributed by atoms with Crippen LogP contribution in [0, 0.1) is 31.7 Å². The van der Waals surface area contributed by atoms with Gasteiger partial charge in [-0.15, -0.1) is 0 Å². The summed E-state index contributed by atoms with van der Waals surface area (Å²) in [5, 5.41) is 2.59. The maximum absolute atomic E-state index is 13.4. The zero-order valence-electron chi connectivity index (χ0n) is 16.5. The number of pyridine rings is 1. The molecule has 1 fully saturated rings. The Morgan fingerprint density at radius 2 is 1.87 bits per heavy atom. The molecule has 0 saturated heterocycles. The van der Waals surface area contributed by atoms with Crippen LogP contribution in [0.25, 0.3) is 0 Å². The van der Waals surface area contributed by atoms with Crippen molar-refractivity contribution in [1.29, 1.82) is 0 Å². The molecule has 0 bridgehead atoms. The van der Waals surface area contributed by atoms with Gasteiger partial charge in [0.05, 0.1) is 24.4 Å². The Kier molecular flexibility index (Phi) is 5.15. The van der Waals surface area contributed by atoms with Crippen molar-refractivity contribution in [2.45, 2.75) is 25.7 Å². The fourth-order valence-corrected chi connectivity index (χ4v) is 3.67. The minimum absolute atomic E-state index is 0.0301. The van der Waals surface area contributed by atoms with Crippen LogP contribution in [0.1, 0.15) is 23.5 Å². The average molecular weight is 410 g/mol.